The molecule has 1 amide bonds. The van der Waals surface area contributed by atoms with Crippen molar-refractivity contribution >= 4 is 16.8 Å². The number of rotatable bonds is 7. The highest BCUT2D eigenvalue weighted by Gasteiger charge is 2.21. The number of ether oxygens (including phenoxy) is 2. The first-order valence-electron chi connectivity index (χ1n) is 9.28. The van der Waals surface area contributed by atoms with Crippen LogP contribution in [0.5, 0.6) is 5.75 Å². The number of benzene rings is 1. The molecule has 0 aliphatic carbocycles. The summed E-state index contributed by atoms with van der Waals surface area (Å²) < 4.78 is 12.8. The van der Waals surface area contributed by atoms with Gasteiger partial charge in [0.25, 0.3) is 5.91 Å². The van der Waals surface area contributed by atoms with E-state index in [0.29, 0.717) is 12.2 Å². The Bertz CT molecular complexity index is 753. The summed E-state index contributed by atoms with van der Waals surface area (Å²) >= 11 is 0. The van der Waals surface area contributed by atoms with Crippen LogP contribution < -0.4 is 10.1 Å². The minimum Gasteiger partial charge on any atom is -0.494 e. The van der Waals surface area contributed by atoms with Crippen molar-refractivity contribution in [2.75, 3.05) is 40.0 Å². The van der Waals surface area contributed by atoms with Crippen molar-refractivity contribution in [3.8, 4) is 5.75 Å². The molecule has 142 valence electrons. The first-order chi connectivity index (χ1) is 12.6. The summed E-state index contributed by atoms with van der Waals surface area (Å²) in [7, 11) is 1.65. The average molecular weight is 360 g/mol. The smallest absolute Gasteiger partial charge is 0.272 e. The van der Waals surface area contributed by atoms with E-state index in [2.05, 4.69) is 15.3 Å². The van der Waals surface area contributed by atoms with Gasteiger partial charge in [-0.05, 0) is 19.4 Å². The van der Waals surface area contributed by atoms with E-state index in [4.69, 9.17) is 9.47 Å². The Morgan fingerprint density at radius 1 is 1.35 bits per heavy atom. The van der Waals surface area contributed by atoms with E-state index in [0.717, 1.165) is 55.9 Å². The number of nitrogens with one attached hydrogen (secondary N) is 1. The van der Waals surface area contributed by atoms with Crippen LogP contribution in [0.15, 0.2) is 18.2 Å². The molecule has 1 atom stereocenters. The van der Waals surface area contributed by atoms with E-state index >= 15 is 0 Å². The molecule has 0 saturated carbocycles. The summed E-state index contributed by atoms with van der Waals surface area (Å²) in [5.41, 5.74) is 1.33. The SMILES string of the molecule is CCC(C)NC(=O)c1nn(CCN2CCOCC2)c2c(OC)cccc12. The molecule has 1 aliphatic rings. The molecule has 1 N–H and O–H groups in total. The molecule has 3 rings (SSSR count). The molecule has 7 heteroatoms. The Morgan fingerprint density at radius 3 is 2.81 bits per heavy atom. The van der Waals surface area contributed by atoms with E-state index < -0.39 is 0 Å². The zero-order valence-corrected chi connectivity index (χ0v) is 15.8. The fraction of sp³-hybridized carbons (Fsp3) is 0.579. The van der Waals surface area contributed by atoms with Crippen LogP contribution in [-0.4, -0.2) is 66.6 Å². The van der Waals surface area contributed by atoms with Crippen molar-refractivity contribution < 1.29 is 14.3 Å². The molecular weight excluding hydrogens is 332 g/mol. The van der Waals surface area contributed by atoms with Crippen LogP contribution in [0.3, 0.4) is 0 Å². The predicted molar refractivity (Wildman–Crippen MR) is 101 cm³/mol. The van der Waals surface area contributed by atoms with Crippen LogP contribution in [0.1, 0.15) is 30.8 Å². The Kier molecular flexibility index (Phi) is 6.11. The molecule has 1 aromatic carbocycles. The van der Waals surface area contributed by atoms with Gasteiger partial charge in [-0.15, -0.1) is 0 Å². The van der Waals surface area contributed by atoms with Crippen molar-refractivity contribution in [2.45, 2.75) is 32.9 Å². The molecule has 1 saturated heterocycles. The predicted octanol–water partition coefficient (Wildman–Crippen LogP) is 1.91. The number of aromatic nitrogens is 2. The Morgan fingerprint density at radius 2 is 2.12 bits per heavy atom. The fourth-order valence-corrected chi connectivity index (χ4v) is 3.15. The van der Waals surface area contributed by atoms with Crippen molar-refractivity contribution in [3.05, 3.63) is 23.9 Å². The molecule has 2 heterocycles. The number of para-hydroxylation sites is 1. The van der Waals surface area contributed by atoms with E-state index in [1.54, 1.807) is 7.11 Å². The molecule has 1 aromatic heterocycles. The van der Waals surface area contributed by atoms with Gasteiger partial charge in [0.05, 0.1) is 26.9 Å². The van der Waals surface area contributed by atoms with Gasteiger partial charge in [0.15, 0.2) is 5.69 Å². The van der Waals surface area contributed by atoms with Gasteiger partial charge in [0.2, 0.25) is 0 Å². The second kappa shape index (κ2) is 8.51. The Hall–Kier alpha value is -2.12. The number of amides is 1. The maximum Gasteiger partial charge on any atom is 0.272 e. The highest BCUT2D eigenvalue weighted by Crippen LogP contribution is 2.28. The highest BCUT2D eigenvalue weighted by atomic mass is 16.5. The molecule has 0 spiro atoms. The maximum atomic E-state index is 12.7. The Balaban J connectivity index is 1.89. The lowest BCUT2D eigenvalue weighted by Crippen LogP contribution is -2.38. The van der Waals surface area contributed by atoms with Gasteiger partial charge in [-0.3, -0.25) is 14.4 Å². The van der Waals surface area contributed by atoms with Crippen molar-refractivity contribution in [1.82, 2.24) is 20.0 Å². The minimum atomic E-state index is -0.136. The largest absolute Gasteiger partial charge is 0.494 e. The molecule has 0 bridgehead atoms. The molecule has 1 unspecified atom stereocenters. The monoisotopic (exact) mass is 360 g/mol. The molecule has 7 nitrogen and oxygen atoms in total. The lowest BCUT2D eigenvalue weighted by molar-refractivity contribution is 0.0361. The Labute approximate surface area is 154 Å². The minimum absolute atomic E-state index is 0.113. The van der Waals surface area contributed by atoms with E-state index in [1.807, 2.05) is 36.7 Å². The number of carbonyl (C=O) groups is 1. The maximum absolute atomic E-state index is 12.7. The highest BCUT2D eigenvalue weighted by molar-refractivity contribution is 6.06. The molecule has 26 heavy (non-hydrogen) atoms. The number of fused-ring (bicyclic) bond motifs is 1. The van der Waals surface area contributed by atoms with Crippen molar-refractivity contribution in [3.63, 3.8) is 0 Å². The lowest BCUT2D eigenvalue weighted by atomic mass is 10.1. The number of methoxy groups -OCH3 is 1. The molecule has 0 radical (unpaired) electrons. The summed E-state index contributed by atoms with van der Waals surface area (Å²) in [4.78, 5) is 15.0. The zero-order valence-electron chi connectivity index (χ0n) is 15.8. The van der Waals surface area contributed by atoms with Crippen LogP contribution in [0.4, 0.5) is 0 Å². The van der Waals surface area contributed by atoms with Gasteiger partial charge in [-0.25, -0.2) is 0 Å². The second-order valence-corrected chi connectivity index (χ2v) is 6.66. The van der Waals surface area contributed by atoms with Crippen LogP contribution in [0, 0.1) is 0 Å². The average Bonchev–Trinajstić information content (AvgIpc) is 3.06. The van der Waals surface area contributed by atoms with Gasteiger partial charge in [-0.1, -0.05) is 19.1 Å². The van der Waals surface area contributed by atoms with Gasteiger partial charge in [0, 0.05) is 31.1 Å². The third kappa shape index (κ3) is 3.99. The van der Waals surface area contributed by atoms with Crippen LogP contribution in [-0.2, 0) is 11.3 Å². The summed E-state index contributed by atoms with van der Waals surface area (Å²) in [6, 6.07) is 5.85. The van der Waals surface area contributed by atoms with Crippen LogP contribution in [0.2, 0.25) is 0 Å². The number of nitrogens with zero attached hydrogens (tertiary/aromatic N) is 3. The second-order valence-electron chi connectivity index (χ2n) is 6.66. The van der Waals surface area contributed by atoms with Crippen LogP contribution in [0.25, 0.3) is 10.9 Å². The molecule has 1 fully saturated rings. The number of hydrogen-bond acceptors (Lipinski definition) is 5. The fourth-order valence-electron chi connectivity index (χ4n) is 3.15. The van der Waals surface area contributed by atoms with Gasteiger partial charge < -0.3 is 14.8 Å². The van der Waals surface area contributed by atoms with Gasteiger partial charge in [0.1, 0.15) is 11.3 Å². The third-order valence-electron chi connectivity index (χ3n) is 4.89. The number of carbonyl (C=O) groups excluding carboxylic acids is 1. The van der Waals surface area contributed by atoms with E-state index in [1.165, 1.54) is 0 Å². The zero-order chi connectivity index (χ0) is 18.5. The van der Waals surface area contributed by atoms with E-state index in [9.17, 15) is 4.79 Å². The third-order valence-corrected chi connectivity index (χ3v) is 4.89. The molecule has 2 aromatic rings. The summed E-state index contributed by atoms with van der Waals surface area (Å²) in [6.45, 7) is 9.01. The van der Waals surface area contributed by atoms with Crippen LogP contribution >= 0.6 is 0 Å². The summed E-state index contributed by atoms with van der Waals surface area (Å²) in [5.74, 6) is 0.599. The number of hydrogen-bond donors (Lipinski definition) is 1. The molecular formula is C19H28N4O3. The van der Waals surface area contributed by atoms with E-state index in [-0.39, 0.29) is 11.9 Å². The lowest BCUT2D eigenvalue weighted by Gasteiger charge is -2.26. The van der Waals surface area contributed by atoms with Crippen molar-refractivity contribution in [2.24, 2.45) is 0 Å². The van der Waals surface area contributed by atoms with Crippen molar-refractivity contribution in [1.29, 1.82) is 0 Å². The van der Waals surface area contributed by atoms with Gasteiger partial charge >= 0.3 is 0 Å². The molecule has 1 aliphatic heterocycles. The normalized spacial score (nSPS) is 16.6. The summed E-state index contributed by atoms with van der Waals surface area (Å²) in [5, 5.41) is 8.47. The van der Waals surface area contributed by atoms with Gasteiger partial charge in [-0.2, -0.15) is 5.10 Å². The quantitative estimate of drug-likeness (QED) is 0.817. The standard InChI is InChI=1S/C19H28N4O3/c1-4-14(2)20-19(24)17-15-6-5-7-16(25-3)18(15)23(21-17)9-8-22-10-12-26-13-11-22/h5-7,14H,4,8-13H2,1-3H3,(H,20,24). The first-order valence-corrected chi connectivity index (χ1v) is 9.28. The first kappa shape index (κ1) is 18.7. The topological polar surface area (TPSA) is 68.6 Å². The number of morpholine rings is 1. The summed E-state index contributed by atoms with van der Waals surface area (Å²) in [6.07, 6.45) is 0.880.